The van der Waals surface area contributed by atoms with Gasteiger partial charge in [0.15, 0.2) is 0 Å². The van der Waals surface area contributed by atoms with Crippen LogP contribution in [-0.2, 0) is 19.1 Å². The molecular formula is C35H56N4O4. The first-order valence-corrected chi connectivity index (χ1v) is 17.7. The van der Waals surface area contributed by atoms with Gasteiger partial charge in [0.1, 0.15) is 17.9 Å². The predicted molar refractivity (Wildman–Crippen MR) is 165 cm³/mol. The highest BCUT2D eigenvalue weighted by molar-refractivity contribution is 5.97. The summed E-state index contributed by atoms with van der Waals surface area (Å²) in [7, 11) is 2.07. The third kappa shape index (κ3) is 4.74. The Hall–Kier alpha value is -1.51. The second kappa shape index (κ2) is 10.8. The summed E-state index contributed by atoms with van der Waals surface area (Å²) in [4.78, 5) is 44.1. The van der Waals surface area contributed by atoms with Crippen molar-refractivity contribution in [3.8, 4) is 0 Å². The molecule has 0 bridgehead atoms. The number of rotatable bonds is 3. The summed E-state index contributed by atoms with van der Waals surface area (Å²) in [5.41, 5.74) is -0.373. The molecule has 240 valence electrons. The molecule has 1 spiro atoms. The smallest absolute Gasteiger partial charge is 0.232 e. The second-order valence-corrected chi connectivity index (χ2v) is 16.6. The Morgan fingerprint density at radius 3 is 2.49 bits per heavy atom. The average molecular weight is 597 g/mol. The molecule has 7 aliphatic rings. The van der Waals surface area contributed by atoms with Gasteiger partial charge >= 0.3 is 0 Å². The van der Waals surface area contributed by atoms with E-state index in [2.05, 4.69) is 50.3 Å². The van der Waals surface area contributed by atoms with E-state index in [1.165, 1.54) is 19.3 Å². The maximum absolute atomic E-state index is 14.4. The molecule has 0 unspecified atom stereocenters. The van der Waals surface area contributed by atoms with Crippen LogP contribution in [0, 0.1) is 52.3 Å². The maximum Gasteiger partial charge on any atom is 0.232 e. The third-order valence-electron chi connectivity index (χ3n) is 14.5. The highest BCUT2D eigenvalue weighted by Crippen LogP contribution is 2.70. The monoisotopic (exact) mass is 596 g/mol. The van der Waals surface area contributed by atoms with Crippen molar-refractivity contribution in [2.45, 2.75) is 110 Å². The number of carbonyl (C=O) groups excluding carboxylic acids is 3. The predicted octanol–water partition coefficient (Wildman–Crippen LogP) is 3.83. The number of nitrogens with one attached hydrogen (secondary N) is 2. The fourth-order valence-corrected chi connectivity index (χ4v) is 11.8. The molecule has 0 aromatic carbocycles. The molecule has 0 radical (unpaired) electrons. The van der Waals surface area contributed by atoms with Crippen LogP contribution in [0.15, 0.2) is 0 Å². The zero-order valence-corrected chi connectivity index (χ0v) is 27.3. The molecule has 3 saturated heterocycles. The van der Waals surface area contributed by atoms with Gasteiger partial charge in [0.25, 0.3) is 0 Å². The van der Waals surface area contributed by atoms with Gasteiger partial charge in [0, 0.05) is 62.4 Å². The number of hydrogen-bond acceptors (Lipinski definition) is 6. The van der Waals surface area contributed by atoms with Gasteiger partial charge in [-0.3, -0.25) is 19.7 Å². The average Bonchev–Trinajstić information content (AvgIpc) is 3.42. The molecule has 3 aliphatic heterocycles. The number of ether oxygens (including phenoxy) is 1. The minimum absolute atomic E-state index is 0.0414. The van der Waals surface area contributed by atoms with E-state index in [0.29, 0.717) is 66.7 Å². The fourth-order valence-electron chi connectivity index (χ4n) is 11.8. The van der Waals surface area contributed by atoms with Crippen LogP contribution in [-0.4, -0.2) is 85.0 Å². The zero-order chi connectivity index (χ0) is 30.3. The minimum Gasteiger partial charge on any atom is -0.357 e. The number of fused-ring (bicyclic) bond motifs is 7. The van der Waals surface area contributed by atoms with Crippen molar-refractivity contribution in [2.75, 3.05) is 39.8 Å². The molecule has 4 aliphatic carbocycles. The van der Waals surface area contributed by atoms with Gasteiger partial charge in [-0.25, -0.2) is 0 Å². The Morgan fingerprint density at radius 1 is 1.00 bits per heavy atom. The molecule has 0 aromatic heterocycles. The van der Waals surface area contributed by atoms with Gasteiger partial charge in [-0.15, -0.1) is 0 Å². The van der Waals surface area contributed by atoms with Gasteiger partial charge < -0.3 is 19.9 Å². The summed E-state index contributed by atoms with van der Waals surface area (Å²) in [6.07, 6.45) is 9.51. The van der Waals surface area contributed by atoms with Gasteiger partial charge in [-0.1, -0.05) is 27.7 Å². The van der Waals surface area contributed by atoms with E-state index in [9.17, 15) is 14.4 Å². The highest BCUT2D eigenvalue weighted by Gasteiger charge is 2.71. The van der Waals surface area contributed by atoms with Crippen molar-refractivity contribution in [3.63, 3.8) is 0 Å². The molecule has 3 heterocycles. The van der Waals surface area contributed by atoms with Crippen molar-refractivity contribution < 1.29 is 19.1 Å². The van der Waals surface area contributed by atoms with Crippen molar-refractivity contribution >= 4 is 17.6 Å². The maximum atomic E-state index is 14.4. The van der Waals surface area contributed by atoms with Gasteiger partial charge in [-0.2, -0.15) is 0 Å². The van der Waals surface area contributed by atoms with Crippen LogP contribution >= 0.6 is 0 Å². The normalized spacial score (nSPS) is 49.7. The Bertz CT molecular complexity index is 1130. The van der Waals surface area contributed by atoms with Gasteiger partial charge in [0.2, 0.25) is 11.8 Å². The number of hydrogen-bond donors (Lipinski definition) is 2. The topological polar surface area (TPSA) is 91.0 Å². The first kappa shape index (κ1) is 30.2. The zero-order valence-electron chi connectivity index (χ0n) is 27.3. The Morgan fingerprint density at radius 2 is 1.77 bits per heavy atom. The van der Waals surface area contributed by atoms with Gasteiger partial charge in [0.05, 0.1) is 6.10 Å². The lowest BCUT2D eigenvalue weighted by molar-refractivity contribution is -0.160. The number of nitrogens with zero attached hydrogens (tertiary/aromatic N) is 2. The minimum atomic E-state index is -0.274. The van der Waals surface area contributed by atoms with Crippen LogP contribution in [0.1, 0.15) is 91.9 Å². The number of amides is 2. The lowest BCUT2D eigenvalue weighted by atomic mass is 9.44. The van der Waals surface area contributed by atoms with Crippen LogP contribution < -0.4 is 10.6 Å². The standard InChI is InChI=1S/C35H56N4O4/c1-21-8-11-35(36-20-21)22(2)32-28(43-35)17-27-25-7-6-23-16-24(9-10-33(23,3)26(25)18-29(40)34(27,32)4)37-30(41)19-31(42)39-14-12-38(5)13-15-39/h21-28,32,36H,6-20H2,1-5H3,(H,37,41)/t21-,22+,23+,24-,25-,26+,27+,28+,32+,33+,34-,35-/m1/s1. The Labute approximate surface area is 258 Å². The molecule has 43 heavy (non-hydrogen) atoms. The summed E-state index contributed by atoms with van der Waals surface area (Å²) in [5.74, 6) is 3.66. The molecule has 2 amide bonds. The lowest BCUT2D eigenvalue weighted by Crippen LogP contribution is -2.60. The summed E-state index contributed by atoms with van der Waals surface area (Å²) in [6, 6.07) is 0.133. The summed E-state index contributed by atoms with van der Waals surface area (Å²) in [5, 5.41) is 7.06. The lowest BCUT2D eigenvalue weighted by Gasteiger charge is -2.60. The summed E-state index contributed by atoms with van der Waals surface area (Å²) < 4.78 is 6.98. The number of Topliss-reactive ketones (excluding diaryl/α,β-unsaturated/α-hetero) is 1. The van der Waals surface area contributed by atoms with Crippen LogP contribution in [0.2, 0.25) is 0 Å². The summed E-state index contributed by atoms with van der Waals surface area (Å²) >= 11 is 0. The fraction of sp³-hybridized carbons (Fsp3) is 0.914. The Balaban J connectivity index is 0.997. The molecule has 4 saturated carbocycles. The second-order valence-electron chi connectivity index (χ2n) is 16.6. The molecular weight excluding hydrogens is 540 g/mol. The molecule has 8 nitrogen and oxygen atoms in total. The SMILES string of the molecule is C[C@@H]1CC[C@@]2(NC1)O[C@H]1C[C@H]3[C@@H]4CC[C@H]5C[C@H](NC(=O)CC(=O)N6CCN(C)CC6)CC[C@]5(C)[C@H]4CC(=O)[C@]3(C)[C@H]1[C@@H]2C. The number of piperidine rings is 1. The summed E-state index contributed by atoms with van der Waals surface area (Å²) in [6.45, 7) is 13.6. The van der Waals surface area contributed by atoms with E-state index >= 15 is 0 Å². The third-order valence-corrected chi connectivity index (χ3v) is 14.5. The van der Waals surface area contributed by atoms with Crippen molar-refractivity contribution in [1.29, 1.82) is 0 Å². The van der Waals surface area contributed by atoms with Crippen molar-refractivity contribution in [2.24, 2.45) is 52.3 Å². The molecule has 8 heteroatoms. The molecule has 7 fully saturated rings. The molecule has 2 N–H and O–H groups in total. The van der Waals surface area contributed by atoms with E-state index in [4.69, 9.17) is 4.74 Å². The van der Waals surface area contributed by atoms with E-state index in [0.717, 1.165) is 51.7 Å². The number of carbonyl (C=O) groups is 3. The highest BCUT2D eigenvalue weighted by atomic mass is 16.5. The largest absolute Gasteiger partial charge is 0.357 e. The van der Waals surface area contributed by atoms with E-state index in [1.54, 1.807) is 0 Å². The first-order chi connectivity index (χ1) is 20.4. The number of ketones is 1. The quantitative estimate of drug-likeness (QED) is 0.482. The van der Waals surface area contributed by atoms with Crippen molar-refractivity contribution in [1.82, 2.24) is 20.4 Å². The number of piperazine rings is 1. The van der Waals surface area contributed by atoms with Crippen molar-refractivity contribution in [3.05, 3.63) is 0 Å². The van der Waals surface area contributed by atoms with Gasteiger partial charge in [-0.05, 0) is 93.4 Å². The molecule has 0 aromatic rings. The first-order valence-electron chi connectivity index (χ1n) is 17.7. The number of likely N-dealkylation sites (N-methyl/N-ethyl adjacent to an activating group) is 1. The van der Waals surface area contributed by atoms with Crippen LogP contribution in [0.3, 0.4) is 0 Å². The molecule has 7 rings (SSSR count). The van der Waals surface area contributed by atoms with E-state index in [1.807, 2.05) is 4.90 Å². The van der Waals surface area contributed by atoms with E-state index < -0.39 is 0 Å². The van der Waals surface area contributed by atoms with E-state index in [-0.39, 0.29) is 46.9 Å². The Kier molecular flexibility index (Phi) is 7.57. The van der Waals surface area contributed by atoms with Crippen LogP contribution in [0.4, 0.5) is 0 Å². The van der Waals surface area contributed by atoms with Crippen LogP contribution in [0.25, 0.3) is 0 Å². The molecule has 12 atom stereocenters. The van der Waals surface area contributed by atoms with Crippen LogP contribution in [0.5, 0.6) is 0 Å².